The van der Waals surface area contributed by atoms with Crippen molar-refractivity contribution in [2.45, 2.75) is 25.7 Å². The van der Waals surface area contributed by atoms with E-state index in [9.17, 15) is 0 Å². The molecule has 15 heavy (non-hydrogen) atoms. The van der Waals surface area contributed by atoms with Gasteiger partial charge in [-0.1, -0.05) is 43.6 Å². The normalized spacial score (nSPS) is 10.0. The van der Waals surface area contributed by atoms with Crippen LogP contribution in [-0.2, 0) is 0 Å². The van der Waals surface area contributed by atoms with E-state index < -0.39 is 8.07 Å². The van der Waals surface area contributed by atoms with Gasteiger partial charge in [-0.05, 0) is 12.1 Å². The molecular weight excluding hydrogens is 196 g/mol. The number of benzene rings is 1. The molecule has 0 heterocycles. The second-order valence-corrected chi connectivity index (χ2v) is 10.2. The zero-order valence-corrected chi connectivity index (χ0v) is 10.6. The third-order valence-corrected chi connectivity index (χ3v) is 3.16. The first-order chi connectivity index (χ1) is 7.03. The van der Waals surface area contributed by atoms with Crippen LogP contribution in [0, 0.1) is 24.2 Å². The molecule has 0 N–H and O–H groups in total. The zero-order valence-electron chi connectivity index (χ0n) is 9.59. The minimum absolute atomic E-state index is 0.889. The second-order valence-electron chi connectivity index (χ2n) is 4.73. The zero-order chi connectivity index (χ0) is 11.3. The lowest BCUT2D eigenvalue weighted by Crippen LogP contribution is -2.17. The van der Waals surface area contributed by atoms with Gasteiger partial charge in [0.25, 0.3) is 0 Å². The molecule has 0 amide bonds. The highest BCUT2D eigenvalue weighted by Gasteiger charge is 2.09. The molecule has 0 saturated heterocycles. The summed E-state index contributed by atoms with van der Waals surface area (Å²) in [7, 11) is -1.06. The van der Waals surface area contributed by atoms with E-state index in [1.54, 1.807) is 0 Å². The van der Waals surface area contributed by atoms with Gasteiger partial charge in [-0.2, -0.15) is 0 Å². The molecule has 0 saturated carbocycles. The summed E-state index contributed by atoms with van der Waals surface area (Å²) in [5, 5.41) is 0. The largest absolute Gasteiger partial charge is 0.115 e. The fourth-order valence-electron chi connectivity index (χ4n) is 1.12. The van der Waals surface area contributed by atoms with Gasteiger partial charge in [-0.3, -0.25) is 0 Å². The van der Waals surface area contributed by atoms with Crippen molar-refractivity contribution in [2.75, 3.05) is 0 Å². The standard InChI is InChI=1S/C14H16Si/c1-5-13-9-6-7-10-14(13)11-8-12-15(2,3)4/h1,6-7,9-10H,12H2,2-4H3. The van der Waals surface area contributed by atoms with Crippen molar-refractivity contribution in [1.29, 1.82) is 0 Å². The first kappa shape index (κ1) is 11.6. The monoisotopic (exact) mass is 212 g/mol. The van der Waals surface area contributed by atoms with Crippen LogP contribution in [0.2, 0.25) is 25.7 Å². The van der Waals surface area contributed by atoms with Crippen molar-refractivity contribution in [3.8, 4) is 24.2 Å². The van der Waals surface area contributed by atoms with Gasteiger partial charge in [0.15, 0.2) is 0 Å². The van der Waals surface area contributed by atoms with Crippen molar-refractivity contribution < 1.29 is 0 Å². The van der Waals surface area contributed by atoms with E-state index in [2.05, 4.69) is 37.4 Å². The molecule has 0 spiro atoms. The van der Waals surface area contributed by atoms with Crippen molar-refractivity contribution in [3.63, 3.8) is 0 Å². The van der Waals surface area contributed by atoms with E-state index in [1.807, 2.05) is 24.3 Å². The van der Waals surface area contributed by atoms with Gasteiger partial charge in [0.05, 0.1) is 8.07 Å². The summed E-state index contributed by atoms with van der Waals surface area (Å²) in [5.41, 5.74) is 1.86. The Hall–Kier alpha value is -1.44. The number of hydrogen-bond donors (Lipinski definition) is 0. The molecular formula is C14H16Si. The number of terminal acetylenes is 1. The highest BCUT2D eigenvalue weighted by molar-refractivity contribution is 6.76. The summed E-state index contributed by atoms with van der Waals surface area (Å²) in [6, 6.07) is 8.84. The third kappa shape index (κ3) is 4.06. The Balaban J connectivity index is 2.86. The minimum Gasteiger partial charge on any atom is -0.115 e. The Labute approximate surface area is 93.7 Å². The van der Waals surface area contributed by atoms with Crippen LogP contribution in [0.4, 0.5) is 0 Å². The smallest absolute Gasteiger partial charge is 0.0573 e. The molecule has 1 aromatic rings. The Morgan fingerprint density at radius 3 is 2.27 bits per heavy atom. The van der Waals surface area contributed by atoms with Gasteiger partial charge in [0.1, 0.15) is 0 Å². The van der Waals surface area contributed by atoms with E-state index in [4.69, 9.17) is 6.42 Å². The lowest BCUT2D eigenvalue weighted by molar-refractivity contribution is 1.55. The van der Waals surface area contributed by atoms with E-state index in [0.717, 1.165) is 17.2 Å². The maximum absolute atomic E-state index is 5.40. The van der Waals surface area contributed by atoms with Crippen LogP contribution in [0.15, 0.2) is 24.3 Å². The maximum atomic E-state index is 5.40. The maximum Gasteiger partial charge on any atom is 0.0573 e. The average molecular weight is 212 g/mol. The topological polar surface area (TPSA) is 0 Å². The quantitative estimate of drug-likeness (QED) is 0.494. The van der Waals surface area contributed by atoms with Crippen LogP contribution in [0.5, 0.6) is 0 Å². The minimum atomic E-state index is -1.06. The first-order valence-electron chi connectivity index (χ1n) is 5.07. The van der Waals surface area contributed by atoms with Crippen LogP contribution in [0.3, 0.4) is 0 Å². The van der Waals surface area contributed by atoms with Gasteiger partial charge in [-0.25, -0.2) is 0 Å². The van der Waals surface area contributed by atoms with Gasteiger partial charge < -0.3 is 0 Å². The van der Waals surface area contributed by atoms with Crippen LogP contribution >= 0.6 is 0 Å². The molecule has 0 aliphatic carbocycles. The van der Waals surface area contributed by atoms with Crippen molar-refractivity contribution in [3.05, 3.63) is 35.4 Å². The van der Waals surface area contributed by atoms with Crippen molar-refractivity contribution in [1.82, 2.24) is 0 Å². The summed E-state index contributed by atoms with van der Waals surface area (Å²) in [5.74, 6) is 9.05. The van der Waals surface area contributed by atoms with E-state index in [0.29, 0.717) is 0 Å². The molecule has 1 rings (SSSR count). The summed E-state index contributed by atoms with van der Waals surface area (Å²) in [4.78, 5) is 0. The second kappa shape index (κ2) is 4.87. The van der Waals surface area contributed by atoms with E-state index in [1.165, 1.54) is 0 Å². The average Bonchev–Trinajstić information content (AvgIpc) is 2.16. The summed E-state index contributed by atoms with van der Waals surface area (Å²) >= 11 is 0. The van der Waals surface area contributed by atoms with Gasteiger partial charge >= 0.3 is 0 Å². The molecule has 1 aromatic carbocycles. The van der Waals surface area contributed by atoms with Crippen LogP contribution in [-0.4, -0.2) is 8.07 Å². The van der Waals surface area contributed by atoms with Crippen molar-refractivity contribution in [2.24, 2.45) is 0 Å². The highest BCUT2D eigenvalue weighted by atomic mass is 28.3. The Kier molecular flexibility index (Phi) is 3.78. The molecule has 0 bridgehead atoms. The summed E-state index contributed by atoms with van der Waals surface area (Å²) < 4.78 is 0. The van der Waals surface area contributed by atoms with Crippen LogP contribution in [0.1, 0.15) is 11.1 Å². The fraction of sp³-hybridized carbons (Fsp3) is 0.286. The summed E-state index contributed by atoms with van der Waals surface area (Å²) in [6.45, 7) is 6.94. The molecule has 0 fully saturated rings. The molecule has 0 aliphatic heterocycles. The molecule has 0 atom stereocenters. The van der Waals surface area contributed by atoms with E-state index >= 15 is 0 Å². The molecule has 0 aliphatic rings. The van der Waals surface area contributed by atoms with Crippen LogP contribution in [0.25, 0.3) is 0 Å². The van der Waals surface area contributed by atoms with Crippen molar-refractivity contribution >= 4 is 8.07 Å². The Morgan fingerprint density at radius 2 is 1.73 bits per heavy atom. The Bertz CT molecular complexity index is 433. The molecule has 1 heteroatoms. The lowest BCUT2D eigenvalue weighted by atomic mass is 10.1. The van der Waals surface area contributed by atoms with Gasteiger partial charge in [0.2, 0.25) is 0 Å². The lowest BCUT2D eigenvalue weighted by Gasteiger charge is -2.09. The molecule has 0 radical (unpaired) electrons. The fourth-order valence-corrected chi connectivity index (χ4v) is 1.74. The SMILES string of the molecule is C#Cc1ccccc1C#CC[Si](C)(C)C. The Morgan fingerprint density at radius 1 is 1.13 bits per heavy atom. The molecule has 0 nitrogen and oxygen atoms in total. The number of rotatable bonds is 1. The van der Waals surface area contributed by atoms with E-state index in [-0.39, 0.29) is 0 Å². The summed E-state index contributed by atoms with van der Waals surface area (Å²) in [6.07, 6.45) is 5.40. The third-order valence-electron chi connectivity index (χ3n) is 1.92. The predicted octanol–water partition coefficient (Wildman–Crippen LogP) is 3.36. The predicted molar refractivity (Wildman–Crippen MR) is 69.4 cm³/mol. The highest BCUT2D eigenvalue weighted by Crippen LogP contribution is 2.08. The number of hydrogen-bond acceptors (Lipinski definition) is 0. The van der Waals surface area contributed by atoms with Gasteiger partial charge in [0, 0.05) is 17.2 Å². The molecule has 0 aromatic heterocycles. The molecule has 0 unspecified atom stereocenters. The molecule has 76 valence electrons. The van der Waals surface area contributed by atoms with Crippen LogP contribution < -0.4 is 0 Å². The van der Waals surface area contributed by atoms with Gasteiger partial charge in [-0.15, -0.1) is 12.3 Å². The first-order valence-corrected chi connectivity index (χ1v) is 8.78.